The first-order chi connectivity index (χ1) is 6.77. The topological polar surface area (TPSA) is 18.5 Å². The molecule has 2 nitrogen and oxygen atoms in total. The van der Waals surface area contributed by atoms with E-state index in [0.29, 0.717) is 0 Å². The Hall–Kier alpha value is -0.0800. The number of methoxy groups -OCH3 is 2. The second-order valence-corrected chi connectivity index (χ2v) is 4.45. The van der Waals surface area contributed by atoms with Crippen molar-refractivity contribution in [3.8, 4) is 0 Å². The maximum atomic E-state index is 5.48. The molecule has 1 saturated carbocycles. The van der Waals surface area contributed by atoms with E-state index in [9.17, 15) is 0 Å². The summed E-state index contributed by atoms with van der Waals surface area (Å²) in [6, 6.07) is 0. The first-order valence-electron chi connectivity index (χ1n) is 5.83. The van der Waals surface area contributed by atoms with Gasteiger partial charge in [-0.15, -0.1) is 0 Å². The molecule has 0 radical (unpaired) electrons. The standard InChI is InChI=1S/C12H24O2/c1-10(13-2)12(14-3)9-11-7-5-4-6-8-11/h10-12H,4-9H2,1-3H3. The van der Waals surface area contributed by atoms with E-state index in [-0.39, 0.29) is 12.2 Å². The highest BCUT2D eigenvalue weighted by molar-refractivity contribution is 4.74. The van der Waals surface area contributed by atoms with E-state index in [4.69, 9.17) is 9.47 Å². The van der Waals surface area contributed by atoms with Crippen LogP contribution in [-0.4, -0.2) is 26.4 Å². The third-order valence-corrected chi connectivity index (χ3v) is 3.49. The molecule has 0 aromatic carbocycles. The van der Waals surface area contributed by atoms with E-state index in [2.05, 4.69) is 6.92 Å². The van der Waals surface area contributed by atoms with Crippen molar-refractivity contribution in [2.45, 2.75) is 57.7 Å². The van der Waals surface area contributed by atoms with Gasteiger partial charge in [0.05, 0.1) is 12.2 Å². The van der Waals surface area contributed by atoms with Crippen LogP contribution in [-0.2, 0) is 9.47 Å². The van der Waals surface area contributed by atoms with Crippen LogP contribution in [0.25, 0.3) is 0 Å². The minimum atomic E-state index is 0.224. The highest BCUT2D eigenvalue weighted by atomic mass is 16.5. The van der Waals surface area contributed by atoms with Crippen molar-refractivity contribution in [3.05, 3.63) is 0 Å². The van der Waals surface area contributed by atoms with Crippen LogP contribution in [0.4, 0.5) is 0 Å². The van der Waals surface area contributed by atoms with Gasteiger partial charge in [-0.1, -0.05) is 32.1 Å². The summed E-state index contributed by atoms with van der Waals surface area (Å²) in [5.74, 6) is 0.867. The zero-order chi connectivity index (χ0) is 10.4. The summed E-state index contributed by atoms with van der Waals surface area (Å²) in [5.41, 5.74) is 0. The predicted molar refractivity (Wildman–Crippen MR) is 58.5 cm³/mol. The molecule has 0 aromatic rings. The van der Waals surface area contributed by atoms with E-state index in [1.54, 1.807) is 14.2 Å². The molecule has 0 aromatic heterocycles. The summed E-state index contributed by atoms with van der Waals surface area (Å²) in [7, 11) is 3.56. The largest absolute Gasteiger partial charge is 0.379 e. The van der Waals surface area contributed by atoms with E-state index in [1.165, 1.54) is 38.5 Å². The molecule has 1 fully saturated rings. The number of hydrogen-bond donors (Lipinski definition) is 0. The Morgan fingerprint density at radius 3 is 2.21 bits per heavy atom. The van der Waals surface area contributed by atoms with E-state index in [1.807, 2.05) is 0 Å². The number of hydrogen-bond acceptors (Lipinski definition) is 2. The minimum absolute atomic E-state index is 0.224. The van der Waals surface area contributed by atoms with Crippen LogP contribution < -0.4 is 0 Å². The zero-order valence-electron chi connectivity index (χ0n) is 9.79. The van der Waals surface area contributed by atoms with Crippen molar-refractivity contribution < 1.29 is 9.47 Å². The van der Waals surface area contributed by atoms with Gasteiger partial charge in [-0.3, -0.25) is 0 Å². The minimum Gasteiger partial charge on any atom is -0.379 e. The second-order valence-electron chi connectivity index (χ2n) is 4.45. The Kier molecular flexibility index (Phi) is 5.49. The first-order valence-corrected chi connectivity index (χ1v) is 5.83. The van der Waals surface area contributed by atoms with Gasteiger partial charge in [-0.05, 0) is 19.3 Å². The van der Waals surface area contributed by atoms with Gasteiger partial charge < -0.3 is 9.47 Å². The number of ether oxygens (including phenoxy) is 2. The van der Waals surface area contributed by atoms with E-state index >= 15 is 0 Å². The average molecular weight is 200 g/mol. The van der Waals surface area contributed by atoms with Gasteiger partial charge in [0.2, 0.25) is 0 Å². The van der Waals surface area contributed by atoms with Crippen LogP contribution in [0.15, 0.2) is 0 Å². The maximum Gasteiger partial charge on any atom is 0.0832 e. The van der Waals surface area contributed by atoms with E-state index < -0.39 is 0 Å². The molecule has 0 saturated heterocycles. The van der Waals surface area contributed by atoms with Crippen molar-refractivity contribution in [2.75, 3.05) is 14.2 Å². The van der Waals surface area contributed by atoms with Gasteiger partial charge in [0.1, 0.15) is 0 Å². The van der Waals surface area contributed by atoms with Crippen molar-refractivity contribution >= 4 is 0 Å². The molecule has 0 N–H and O–H groups in total. The predicted octanol–water partition coefficient (Wildman–Crippen LogP) is 3.01. The van der Waals surface area contributed by atoms with Gasteiger partial charge >= 0.3 is 0 Å². The SMILES string of the molecule is COC(C)C(CC1CCCCC1)OC. The summed E-state index contributed by atoms with van der Waals surface area (Å²) >= 11 is 0. The molecule has 0 spiro atoms. The maximum absolute atomic E-state index is 5.48. The highest BCUT2D eigenvalue weighted by Crippen LogP contribution is 2.28. The lowest BCUT2D eigenvalue weighted by Gasteiger charge is -2.28. The van der Waals surface area contributed by atoms with Gasteiger partial charge in [0.25, 0.3) is 0 Å². The molecule has 2 atom stereocenters. The Balaban J connectivity index is 2.30. The van der Waals surface area contributed by atoms with Gasteiger partial charge in [0.15, 0.2) is 0 Å². The van der Waals surface area contributed by atoms with Crippen molar-refractivity contribution in [2.24, 2.45) is 5.92 Å². The summed E-state index contributed by atoms with van der Waals surface area (Å²) in [4.78, 5) is 0. The van der Waals surface area contributed by atoms with Crippen LogP contribution in [0, 0.1) is 5.92 Å². The first kappa shape index (κ1) is 12.0. The Morgan fingerprint density at radius 1 is 1.07 bits per heavy atom. The monoisotopic (exact) mass is 200 g/mol. The molecule has 1 rings (SSSR count). The lowest BCUT2D eigenvalue weighted by Crippen LogP contribution is -2.30. The molecule has 2 unspecified atom stereocenters. The molecule has 2 heteroatoms. The fourth-order valence-electron chi connectivity index (χ4n) is 2.38. The lowest BCUT2D eigenvalue weighted by molar-refractivity contribution is -0.0395. The van der Waals surface area contributed by atoms with Gasteiger partial charge in [0, 0.05) is 14.2 Å². The number of rotatable bonds is 5. The quantitative estimate of drug-likeness (QED) is 0.679. The molecule has 0 amide bonds. The van der Waals surface area contributed by atoms with Crippen LogP contribution in [0.2, 0.25) is 0 Å². The fraction of sp³-hybridized carbons (Fsp3) is 1.00. The molecule has 84 valence electrons. The molecular formula is C12H24O2. The lowest BCUT2D eigenvalue weighted by atomic mass is 9.84. The Labute approximate surface area is 88.0 Å². The Bertz CT molecular complexity index is 141. The molecule has 0 bridgehead atoms. The van der Waals surface area contributed by atoms with Crippen LogP contribution in [0.3, 0.4) is 0 Å². The summed E-state index contributed by atoms with van der Waals surface area (Å²) in [5, 5.41) is 0. The van der Waals surface area contributed by atoms with Crippen molar-refractivity contribution in [3.63, 3.8) is 0 Å². The second kappa shape index (κ2) is 6.41. The summed E-state index contributed by atoms with van der Waals surface area (Å²) < 4.78 is 10.8. The molecule has 0 heterocycles. The normalized spacial score (nSPS) is 23.4. The smallest absolute Gasteiger partial charge is 0.0832 e. The molecule has 1 aliphatic carbocycles. The van der Waals surface area contributed by atoms with Gasteiger partial charge in [-0.2, -0.15) is 0 Å². The molecule has 1 aliphatic rings. The zero-order valence-corrected chi connectivity index (χ0v) is 9.79. The third kappa shape index (κ3) is 3.58. The molecule has 14 heavy (non-hydrogen) atoms. The average Bonchev–Trinajstić information content (AvgIpc) is 2.26. The van der Waals surface area contributed by atoms with Crippen LogP contribution in [0.1, 0.15) is 45.4 Å². The summed E-state index contributed by atoms with van der Waals surface area (Å²) in [6.07, 6.45) is 8.68. The molecule has 0 aliphatic heterocycles. The van der Waals surface area contributed by atoms with Gasteiger partial charge in [-0.25, -0.2) is 0 Å². The molecular weight excluding hydrogens is 176 g/mol. The van der Waals surface area contributed by atoms with Crippen LogP contribution in [0.5, 0.6) is 0 Å². The Morgan fingerprint density at radius 2 is 1.71 bits per heavy atom. The highest BCUT2D eigenvalue weighted by Gasteiger charge is 2.22. The third-order valence-electron chi connectivity index (χ3n) is 3.49. The summed E-state index contributed by atoms with van der Waals surface area (Å²) in [6.45, 7) is 2.09. The fourth-order valence-corrected chi connectivity index (χ4v) is 2.38. The van der Waals surface area contributed by atoms with Crippen molar-refractivity contribution in [1.29, 1.82) is 0 Å². The van der Waals surface area contributed by atoms with Crippen LogP contribution >= 0.6 is 0 Å². The van der Waals surface area contributed by atoms with E-state index in [0.717, 1.165) is 5.92 Å². The van der Waals surface area contributed by atoms with Crippen molar-refractivity contribution in [1.82, 2.24) is 0 Å².